The van der Waals surface area contributed by atoms with Crippen LogP contribution < -0.4 is 5.73 Å². The van der Waals surface area contributed by atoms with Crippen molar-refractivity contribution in [3.8, 4) is 0 Å². The second-order valence-electron chi connectivity index (χ2n) is 5.69. The fourth-order valence-corrected chi connectivity index (χ4v) is 3.35. The zero-order valence-electron chi connectivity index (χ0n) is 11.2. The van der Waals surface area contributed by atoms with Crippen LogP contribution in [0.2, 0.25) is 0 Å². The lowest BCUT2D eigenvalue weighted by Crippen LogP contribution is -2.46. The molecule has 0 unspecified atom stereocenters. The molecule has 1 saturated heterocycles. The van der Waals surface area contributed by atoms with Gasteiger partial charge in [0.05, 0.1) is 6.10 Å². The molecule has 2 rings (SSSR count). The van der Waals surface area contributed by atoms with E-state index in [1.165, 1.54) is 51.6 Å². The summed E-state index contributed by atoms with van der Waals surface area (Å²) in [5.41, 5.74) is 6.23. The molecular weight excluding hydrogens is 212 g/mol. The van der Waals surface area contributed by atoms with Gasteiger partial charge in [-0.15, -0.1) is 0 Å². The lowest BCUT2D eigenvalue weighted by atomic mass is 9.84. The molecule has 0 spiro atoms. The maximum Gasteiger partial charge on any atom is 0.0702 e. The second-order valence-corrected chi connectivity index (χ2v) is 5.69. The van der Waals surface area contributed by atoms with Crippen LogP contribution in [0.4, 0.5) is 0 Å². The highest BCUT2D eigenvalue weighted by atomic mass is 16.5. The first kappa shape index (κ1) is 13.3. The number of hydrogen-bond acceptors (Lipinski definition) is 3. The van der Waals surface area contributed by atoms with Gasteiger partial charge >= 0.3 is 0 Å². The molecule has 3 heteroatoms. The molecule has 2 N–H and O–H groups in total. The van der Waals surface area contributed by atoms with Gasteiger partial charge in [-0.25, -0.2) is 0 Å². The van der Waals surface area contributed by atoms with E-state index in [1.54, 1.807) is 0 Å². The summed E-state index contributed by atoms with van der Waals surface area (Å²) < 4.78 is 5.76. The quantitative estimate of drug-likeness (QED) is 0.817. The molecule has 3 atom stereocenters. The van der Waals surface area contributed by atoms with Crippen molar-refractivity contribution in [3.63, 3.8) is 0 Å². The van der Waals surface area contributed by atoms with E-state index in [0.717, 1.165) is 19.1 Å². The first-order valence-electron chi connectivity index (χ1n) is 7.39. The molecule has 1 aliphatic carbocycles. The monoisotopic (exact) mass is 240 g/mol. The third kappa shape index (κ3) is 3.94. The van der Waals surface area contributed by atoms with Gasteiger partial charge in [0.15, 0.2) is 0 Å². The van der Waals surface area contributed by atoms with Crippen LogP contribution in [0.1, 0.15) is 45.4 Å². The Morgan fingerprint density at radius 2 is 2.00 bits per heavy atom. The van der Waals surface area contributed by atoms with E-state index in [9.17, 15) is 0 Å². The zero-order valence-corrected chi connectivity index (χ0v) is 11.2. The topological polar surface area (TPSA) is 38.5 Å². The Hall–Kier alpha value is -0.120. The Labute approximate surface area is 106 Å². The summed E-state index contributed by atoms with van der Waals surface area (Å²) in [5, 5.41) is 0. The first-order chi connectivity index (χ1) is 8.29. The van der Waals surface area contributed by atoms with E-state index < -0.39 is 0 Å². The van der Waals surface area contributed by atoms with Crippen LogP contribution in [0, 0.1) is 5.92 Å². The van der Waals surface area contributed by atoms with Gasteiger partial charge in [0.25, 0.3) is 0 Å². The molecular formula is C14H28N2O. The molecule has 0 amide bonds. The van der Waals surface area contributed by atoms with Crippen molar-refractivity contribution < 1.29 is 4.74 Å². The van der Waals surface area contributed by atoms with Crippen LogP contribution >= 0.6 is 0 Å². The number of hydrogen-bond donors (Lipinski definition) is 1. The third-order valence-corrected chi connectivity index (χ3v) is 4.33. The summed E-state index contributed by atoms with van der Waals surface area (Å²) in [5.74, 6) is 0.726. The minimum atomic E-state index is 0.441. The average molecular weight is 240 g/mol. The lowest BCUT2D eigenvalue weighted by Gasteiger charge is -2.37. The Morgan fingerprint density at radius 1 is 1.18 bits per heavy atom. The largest absolute Gasteiger partial charge is 0.377 e. The summed E-state index contributed by atoms with van der Waals surface area (Å²) in [4.78, 5) is 2.58. The Balaban J connectivity index is 1.77. The summed E-state index contributed by atoms with van der Waals surface area (Å²) in [7, 11) is 0. The summed E-state index contributed by atoms with van der Waals surface area (Å²) in [6.45, 7) is 6.51. The first-order valence-corrected chi connectivity index (χ1v) is 7.39. The van der Waals surface area contributed by atoms with E-state index in [1.807, 2.05) is 0 Å². The van der Waals surface area contributed by atoms with Gasteiger partial charge in [0.1, 0.15) is 0 Å². The molecule has 3 nitrogen and oxygen atoms in total. The van der Waals surface area contributed by atoms with E-state index in [4.69, 9.17) is 10.5 Å². The number of piperidine rings is 1. The summed E-state index contributed by atoms with van der Waals surface area (Å²) in [6.07, 6.45) is 8.26. The van der Waals surface area contributed by atoms with Gasteiger partial charge in [-0.1, -0.05) is 12.8 Å². The fourth-order valence-electron chi connectivity index (χ4n) is 3.35. The molecule has 1 aliphatic heterocycles. The predicted molar refractivity (Wildman–Crippen MR) is 71.0 cm³/mol. The molecule has 0 aromatic heterocycles. The van der Waals surface area contributed by atoms with E-state index in [0.29, 0.717) is 12.1 Å². The van der Waals surface area contributed by atoms with Crippen molar-refractivity contribution >= 4 is 0 Å². The second kappa shape index (κ2) is 6.72. The summed E-state index contributed by atoms with van der Waals surface area (Å²) in [6, 6.07) is 0.441. The van der Waals surface area contributed by atoms with Gasteiger partial charge in [-0.2, -0.15) is 0 Å². The van der Waals surface area contributed by atoms with Crippen LogP contribution in [0.3, 0.4) is 0 Å². The van der Waals surface area contributed by atoms with Gasteiger partial charge in [-0.3, -0.25) is 0 Å². The molecule has 0 aromatic carbocycles. The highest BCUT2D eigenvalue weighted by molar-refractivity contribution is 4.83. The highest BCUT2D eigenvalue weighted by Crippen LogP contribution is 2.25. The molecule has 2 aliphatic rings. The minimum absolute atomic E-state index is 0.441. The van der Waals surface area contributed by atoms with Crippen LogP contribution in [0.25, 0.3) is 0 Å². The molecule has 1 heterocycles. The number of nitrogens with zero attached hydrogens (tertiary/aromatic N) is 1. The van der Waals surface area contributed by atoms with Gasteiger partial charge < -0.3 is 15.4 Å². The number of likely N-dealkylation sites (tertiary alicyclic amines) is 1. The SMILES string of the molecule is CCO[C@@H]1CCCN(C[C@@H]2CCCC[C@H]2N)C1. The molecule has 1 saturated carbocycles. The highest BCUT2D eigenvalue weighted by Gasteiger charge is 2.27. The predicted octanol–water partition coefficient (Wildman–Crippen LogP) is 2.00. The molecule has 0 aromatic rings. The average Bonchev–Trinajstić information content (AvgIpc) is 2.33. The third-order valence-electron chi connectivity index (χ3n) is 4.33. The van der Waals surface area contributed by atoms with E-state index in [2.05, 4.69) is 11.8 Å². The van der Waals surface area contributed by atoms with Crippen molar-refractivity contribution in [2.75, 3.05) is 26.2 Å². The summed E-state index contributed by atoms with van der Waals surface area (Å²) >= 11 is 0. The maximum absolute atomic E-state index is 6.23. The lowest BCUT2D eigenvalue weighted by molar-refractivity contribution is -0.000685. The van der Waals surface area contributed by atoms with E-state index >= 15 is 0 Å². The van der Waals surface area contributed by atoms with Gasteiger partial charge in [0, 0.05) is 25.7 Å². The standard InChI is InChI=1S/C14H28N2O/c1-2-17-13-7-5-9-16(11-13)10-12-6-3-4-8-14(12)15/h12-14H,2-11,15H2,1H3/t12-,13+,14+/m0/s1. The molecule has 0 radical (unpaired) electrons. The molecule has 100 valence electrons. The molecule has 0 bridgehead atoms. The zero-order chi connectivity index (χ0) is 12.1. The van der Waals surface area contributed by atoms with E-state index in [-0.39, 0.29) is 0 Å². The van der Waals surface area contributed by atoms with Crippen molar-refractivity contribution in [3.05, 3.63) is 0 Å². The number of ether oxygens (including phenoxy) is 1. The normalized spacial score (nSPS) is 36.0. The molecule has 17 heavy (non-hydrogen) atoms. The van der Waals surface area contributed by atoms with Gasteiger partial charge in [0.2, 0.25) is 0 Å². The molecule has 2 fully saturated rings. The van der Waals surface area contributed by atoms with Crippen LogP contribution in [-0.4, -0.2) is 43.3 Å². The van der Waals surface area contributed by atoms with Crippen LogP contribution in [-0.2, 0) is 4.74 Å². The van der Waals surface area contributed by atoms with Gasteiger partial charge in [-0.05, 0) is 45.1 Å². The van der Waals surface area contributed by atoms with Crippen molar-refractivity contribution in [1.29, 1.82) is 0 Å². The fraction of sp³-hybridized carbons (Fsp3) is 1.00. The number of nitrogens with two attached hydrogens (primary N) is 1. The van der Waals surface area contributed by atoms with Crippen LogP contribution in [0.15, 0.2) is 0 Å². The maximum atomic E-state index is 6.23. The minimum Gasteiger partial charge on any atom is -0.377 e. The van der Waals surface area contributed by atoms with Crippen molar-refractivity contribution in [2.24, 2.45) is 11.7 Å². The number of rotatable bonds is 4. The Morgan fingerprint density at radius 3 is 2.76 bits per heavy atom. The Kier molecular flexibility index (Phi) is 5.26. The van der Waals surface area contributed by atoms with Crippen molar-refractivity contribution in [2.45, 2.75) is 57.6 Å². The van der Waals surface area contributed by atoms with Crippen LogP contribution in [0.5, 0.6) is 0 Å². The Bertz CT molecular complexity index is 220. The smallest absolute Gasteiger partial charge is 0.0702 e. The van der Waals surface area contributed by atoms with Crippen molar-refractivity contribution in [1.82, 2.24) is 4.90 Å².